The Morgan fingerprint density at radius 2 is 2.08 bits per heavy atom. The van der Waals surface area contributed by atoms with Crippen molar-refractivity contribution in [1.29, 1.82) is 5.26 Å². The van der Waals surface area contributed by atoms with Crippen LogP contribution >= 0.6 is 34.5 Å². The first kappa shape index (κ1) is 31.2. The summed E-state index contributed by atoms with van der Waals surface area (Å²) in [6.45, 7) is 3.33. The maximum Gasteiger partial charge on any atom is 0.273 e. The highest BCUT2D eigenvalue weighted by atomic mass is 35.5. The average molecular weight is 716 g/mol. The Balaban J connectivity index is 1.28. The molecule has 12 heteroatoms. The second-order valence-electron chi connectivity index (χ2n) is 13.8. The topological polar surface area (TPSA) is 96.1 Å². The van der Waals surface area contributed by atoms with E-state index >= 15 is 4.39 Å². The van der Waals surface area contributed by atoms with Crippen molar-refractivity contribution >= 4 is 62.3 Å². The van der Waals surface area contributed by atoms with E-state index in [1.807, 2.05) is 23.3 Å². The molecule has 2 saturated carbocycles. The van der Waals surface area contributed by atoms with Crippen LogP contribution in [0.25, 0.3) is 32.9 Å². The molecule has 5 aromatic rings. The minimum Gasteiger partial charge on any atom is -0.465 e. The molecule has 2 aliphatic carbocycles. The summed E-state index contributed by atoms with van der Waals surface area (Å²) >= 11 is 14.5. The number of likely N-dealkylation sites (tertiary alicyclic amines) is 1. The number of fused-ring (bicyclic) bond motifs is 4. The van der Waals surface area contributed by atoms with Gasteiger partial charge in [0.25, 0.3) is 5.19 Å². The van der Waals surface area contributed by atoms with E-state index < -0.39 is 5.82 Å². The van der Waals surface area contributed by atoms with Crippen molar-refractivity contribution in [3.63, 3.8) is 0 Å². The van der Waals surface area contributed by atoms with Gasteiger partial charge in [-0.3, -0.25) is 4.79 Å². The number of aromatic nitrogens is 3. The zero-order valence-corrected chi connectivity index (χ0v) is 29.1. The minimum atomic E-state index is -0.480. The summed E-state index contributed by atoms with van der Waals surface area (Å²) in [6, 6.07) is 11.8. The Kier molecular flexibility index (Phi) is 7.62. The molecule has 5 atom stereocenters. The molecule has 8 nitrogen and oxygen atoms in total. The molecule has 5 fully saturated rings. The van der Waals surface area contributed by atoms with Crippen molar-refractivity contribution in [2.45, 2.75) is 69.7 Å². The number of benzene rings is 2. The van der Waals surface area contributed by atoms with Gasteiger partial charge in [-0.05, 0) is 62.3 Å². The summed E-state index contributed by atoms with van der Waals surface area (Å²) in [5.74, 6) is 0.172. The van der Waals surface area contributed by atoms with E-state index in [-0.39, 0.29) is 53.0 Å². The third-order valence-electron chi connectivity index (χ3n) is 10.9. The molecule has 2 bridgehead atoms. The van der Waals surface area contributed by atoms with E-state index in [2.05, 4.69) is 27.0 Å². The van der Waals surface area contributed by atoms with E-state index in [1.165, 1.54) is 11.3 Å². The fourth-order valence-electron chi connectivity index (χ4n) is 8.48. The first-order valence-electron chi connectivity index (χ1n) is 16.9. The lowest BCUT2D eigenvalue weighted by atomic mass is 9.79. The highest BCUT2D eigenvalue weighted by Gasteiger charge is 2.51. The molecule has 250 valence electrons. The number of nitrogens with zero attached hydrogens (tertiary/aromatic N) is 5. The zero-order chi connectivity index (χ0) is 33.6. The van der Waals surface area contributed by atoms with Gasteiger partial charge < -0.3 is 19.5 Å². The summed E-state index contributed by atoms with van der Waals surface area (Å²) < 4.78 is 25.9. The van der Waals surface area contributed by atoms with Crippen molar-refractivity contribution in [2.75, 3.05) is 13.1 Å². The first-order chi connectivity index (χ1) is 23.8. The lowest BCUT2D eigenvalue weighted by molar-refractivity contribution is -0.133. The van der Waals surface area contributed by atoms with Crippen molar-refractivity contribution in [2.24, 2.45) is 11.8 Å². The van der Waals surface area contributed by atoms with E-state index in [1.54, 1.807) is 24.4 Å². The van der Waals surface area contributed by atoms with Gasteiger partial charge in [0.1, 0.15) is 11.6 Å². The predicted molar refractivity (Wildman–Crippen MR) is 189 cm³/mol. The van der Waals surface area contributed by atoms with Gasteiger partial charge in [0.2, 0.25) is 5.91 Å². The highest BCUT2D eigenvalue weighted by molar-refractivity contribution is 7.11. The number of carbonyl (C=O) groups is 1. The van der Waals surface area contributed by atoms with Gasteiger partial charge >= 0.3 is 0 Å². The van der Waals surface area contributed by atoms with Crippen molar-refractivity contribution in [3.8, 4) is 22.4 Å². The number of aryl methyl sites for hydroxylation is 2. The van der Waals surface area contributed by atoms with Gasteiger partial charge in [-0.1, -0.05) is 46.7 Å². The van der Waals surface area contributed by atoms with Gasteiger partial charge in [-0.2, -0.15) is 5.26 Å². The predicted octanol–water partition coefficient (Wildman–Crippen LogP) is 8.19. The second-order valence-corrected chi connectivity index (χ2v) is 15.5. The Morgan fingerprint density at radius 3 is 2.80 bits per heavy atom. The SMILES string of the molecule is Cc1nc2c(F)c(-c3cccc(Cl)c3Cl)c(CCC#N)cc2c2c1cc(C1CC(Oc3nccs3)CN1C(=O)C1CC1)n2C1C2CNC1C2. The number of nitrogens with one attached hydrogen (secondary N) is 1. The number of hydrogen-bond donors (Lipinski definition) is 1. The van der Waals surface area contributed by atoms with Crippen LogP contribution in [-0.4, -0.2) is 50.6 Å². The molecule has 3 saturated heterocycles. The molecular formula is C37H33Cl2FN6O2S. The van der Waals surface area contributed by atoms with Crippen LogP contribution < -0.4 is 10.1 Å². The summed E-state index contributed by atoms with van der Waals surface area (Å²) in [7, 11) is 0. The molecule has 5 aliphatic rings. The summed E-state index contributed by atoms with van der Waals surface area (Å²) in [4.78, 5) is 25.2. The lowest BCUT2D eigenvalue weighted by Gasteiger charge is -2.39. The molecule has 3 aliphatic heterocycles. The van der Waals surface area contributed by atoms with Crippen LogP contribution in [0.15, 0.2) is 41.9 Å². The molecule has 5 unspecified atom stereocenters. The fourth-order valence-corrected chi connectivity index (χ4v) is 9.43. The summed E-state index contributed by atoms with van der Waals surface area (Å²) in [6.07, 6.45) is 5.62. The van der Waals surface area contributed by atoms with E-state index in [4.69, 9.17) is 32.9 Å². The van der Waals surface area contributed by atoms with E-state index in [0.717, 1.165) is 42.4 Å². The smallest absolute Gasteiger partial charge is 0.273 e. The molecule has 2 aromatic carbocycles. The summed E-state index contributed by atoms with van der Waals surface area (Å²) in [5.41, 5.74) is 4.40. The molecule has 0 spiro atoms. The largest absolute Gasteiger partial charge is 0.465 e. The van der Waals surface area contributed by atoms with E-state index in [9.17, 15) is 10.1 Å². The Labute approximate surface area is 296 Å². The van der Waals surface area contributed by atoms with Crippen LogP contribution in [0.2, 0.25) is 10.0 Å². The maximum absolute atomic E-state index is 17.1. The van der Waals surface area contributed by atoms with Crippen LogP contribution in [0.5, 0.6) is 5.19 Å². The molecule has 1 amide bonds. The molecule has 3 aromatic heterocycles. The Bertz CT molecular complexity index is 2180. The number of halogens is 3. The van der Waals surface area contributed by atoms with Crippen LogP contribution in [0, 0.1) is 35.9 Å². The number of nitriles is 1. The van der Waals surface area contributed by atoms with Crippen LogP contribution in [0.1, 0.15) is 61.1 Å². The lowest BCUT2D eigenvalue weighted by Crippen LogP contribution is -2.41. The molecule has 1 N–H and O–H groups in total. The fraction of sp³-hybridized carbons (Fsp3) is 0.405. The summed E-state index contributed by atoms with van der Waals surface area (Å²) in [5, 5.41) is 18.0. The minimum absolute atomic E-state index is 0.0539. The van der Waals surface area contributed by atoms with Crippen LogP contribution in [-0.2, 0) is 11.2 Å². The van der Waals surface area contributed by atoms with Crippen LogP contribution in [0.4, 0.5) is 4.39 Å². The van der Waals surface area contributed by atoms with Gasteiger partial charge in [-0.15, -0.1) is 0 Å². The standard InChI is InChI=1S/C37H33Cl2FN6O2S/c1-18-24-15-29(28-14-22(48-37-42-10-11-49-37)17-45(28)36(47)19-7-8-19)46(34-21-13-27(34)43-16-21)35(24)25-12-20(4-3-9-41)30(32(40)33(25)44-18)23-5-2-6-26(38)31(23)39/h2,5-6,10-12,15,19,21-22,27-28,34,43H,3-4,7-8,13-14,16-17H2,1H3. The number of carbonyl (C=O) groups excluding carboxylic acids is 1. The second kappa shape index (κ2) is 11.9. The quantitative estimate of drug-likeness (QED) is 0.174. The third-order valence-corrected chi connectivity index (χ3v) is 12.4. The molecule has 49 heavy (non-hydrogen) atoms. The number of rotatable bonds is 8. The molecule has 6 heterocycles. The molecule has 0 radical (unpaired) electrons. The molecular weight excluding hydrogens is 682 g/mol. The zero-order valence-electron chi connectivity index (χ0n) is 26.8. The highest BCUT2D eigenvalue weighted by Crippen LogP contribution is 2.51. The van der Waals surface area contributed by atoms with Crippen molar-refractivity contribution < 1.29 is 13.9 Å². The van der Waals surface area contributed by atoms with Crippen molar-refractivity contribution in [1.82, 2.24) is 24.8 Å². The Morgan fingerprint density at radius 1 is 1.22 bits per heavy atom. The monoisotopic (exact) mass is 714 g/mol. The number of pyridine rings is 1. The van der Waals surface area contributed by atoms with Gasteiger partial charge in [0, 0.05) is 76.2 Å². The number of thiazole rings is 1. The van der Waals surface area contributed by atoms with Gasteiger partial charge in [0.15, 0.2) is 5.82 Å². The van der Waals surface area contributed by atoms with E-state index in [0.29, 0.717) is 63.3 Å². The van der Waals surface area contributed by atoms with Gasteiger partial charge in [-0.25, -0.2) is 14.4 Å². The molecule has 10 rings (SSSR count). The maximum atomic E-state index is 17.1. The number of ether oxygens (including phenoxy) is 1. The third kappa shape index (κ3) is 5.04. The van der Waals surface area contributed by atoms with Crippen molar-refractivity contribution in [3.05, 3.63) is 74.7 Å². The van der Waals surface area contributed by atoms with Crippen LogP contribution in [0.3, 0.4) is 0 Å². The Hall–Kier alpha value is -3.75. The normalized spacial score (nSPS) is 24.5. The van der Waals surface area contributed by atoms with Gasteiger partial charge in [0.05, 0.1) is 40.3 Å². The average Bonchev–Trinajstić information content (AvgIpc) is 3.59. The number of amides is 1. The number of hydrogen-bond acceptors (Lipinski definition) is 7. The first-order valence-corrected chi connectivity index (χ1v) is 18.5.